The standard InChI is InChI=1S/C49H46FNSi/c1-52(2,3)42-23-21-41(22-24-42)51(39-17-13-35(14-18-39)34-9-5-4-6-10-34)40-19-15-36(16-20-40)43-25-26-46(50)47-44-11-7-8-12-45(44)49(48(43)47)37-28-32-27-33(30-37)31-38(49)29-32/h4-26,32-33,37-38H,27-31H2,1-3H3. The average molecular weight is 696 g/mol. The summed E-state index contributed by atoms with van der Waals surface area (Å²) >= 11 is 0. The molecule has 0 amide bonds. The molecule has 0 heterocycles. The first kappa shape index (κ1) is 32.0. The Hall–Kier alpha value is -4.73. The van der Waals surface area contributed by atoms with E-state index in [-0.39, 0.29) is 11.2 Å². The first-order valence-electron chi connectivity index (χ1n) is 19.4. The van der Waals surface area contributed by atoms with Crippen molar-refractivity contribution < 1.29 is 4.39 Å². The fourth-order valence-corrected chi connectivity index (χ4v) is 12.4. The Kier molecular flexibility index (Phi) is 7.31. The number of hydrogen-bond donors (Lipinski definition) is 0. The highest BCUT2D eigenvalue weighted by atomic mass is 28.3. The maximum Gasteiger partial charge on any atom is 0.131 e. The van der Waals surface area contributed by atoms with E-state index in [0.717, 1.165) is 40.0 Å². The molecule has 3 heteroatoms. The van der Waals surface area contributed by atoms with E-state index in [0.29, 0.717) is 11.8 Å². The molecule has 5 aliphatic rings. The third-order valence-corrected chi connectivity index (χ3v) is 15.4. The molecule has 52 heavy (non-hydrogen) atoms. The highest BCUT2D eigenvalue weighted by Crippen LogP contribution is 2.70. The van der Waals surface area contributed by atoms with Crippen LogP contribution < -0.4 is 10.1 Å². The monoisotopic (exact) mass is 695 g/mol. The van der Waals surface area contributed by atoms with Crippen molar-refractivity contribution in [2.75, 3.05) is 4.90 Å². The number of anilines is 3. The van der Waals surface area contributed by atoms with Crippen molar-refractivity contribution in [2.45, 2.75) is 57.2 Å². The number of nitrogens with zero attached hydrogens (tertiary/aromatic N) is 1. The van der Waals surface area contributed by atoms with Crippen molar-refractivity contribution in [1.29, 1.82) is 0 Å². The van der Waals surface area contributed by atoms with Crippen LogP contribution in [-0.4, -0.2) is 8.07 Å². The average Bonchev–Trinajstić information content (AvgIpc) is 3.47. The first-order chi connectivity index (χ1) is 25.3. The third-order valence-electron chi connectivity index (χ3n) is 13.3. The molecule has 4 fully saturated rings. The lowest BCUT2D eigenvalue weighted by atomic mass is 9.42. The minimum Gasteiger partial charge on any atom is -0.311 e. The fraction of sp³-hybridized carbons (Fsp3) is 0.265. The molecule has 4 bridgehead atoms. The van der Waals surface area contributed by atoms with Gasteiger partial charge in [0, 0.05) is 28.0 Å². The molecule has 1 nitrogen and oxygen atoms in total. The van der Waals surface area contributed by atoms with Crippen LogP contribution in [-0.2, 0) is 5.41 Å². The number of benzene rings is 6. The van der Waals surface area contributed by atoms with E-state index in [1.165, 1.54) is 70.7 Å². The second-order valence-corrected chi connectivity index (χ2v) is 22.2. The SMILES string of the molecule is C[Si](C)(C)c1ccc(N(c2ccc(-c3ccccc3)cc2)c2ccc(-c3ccc(F)c4c3C3(c5ccccc5-4)C4CC5CC(C4)CC3C5)cc2)cc1. The van der Waals surface area contributed by atoms with Gasteiger partial charge in [-0.1, -0.05) is 122 Å². The van der Waals surface area contributed by atoms with E-state index in [2.05, 4.69) is 158 Å². The van der Waals surface area contributed by atoms with Crippen LogP contribution >= 0.6 is 0 Å². The van der Waals surface area contributed by atoms with Gasteiger partial charge < -0.3 is 4.90 Å². The summed E-state index contributed by atoms with van der Waals surface area (Å²) in [6.45, 7) is 7.20. The van der Waals surface area contributed by atoms with Crippen LogP contribution in [0, 0.1) is 29.5 Å². The van der Waals surface area contributed by atoms with Crippen molar-refractivity contribution in [3.63, 3.8) is 0 Å². The van der Waals surface area contributed by atoms with Gasteiger partial charge >= 0.3 is 0 Å². The maximum atomic E-state index is 16.2. The molecule has 4 saturated carbocycles. The van der Waals surface area contributed by atoms with E-state index in [4.69, 9.17) is 0 Å². The van der Waals surface area contributed by atoms with Gasteiger partial charge in [0.2, 0.25) is 0 Å². The summed E-state index contributed by atoms with van der Waals surface area (Å²) in [6.07, 6.45) is 6.53. The molecular formula is C49H46FNSi. The lowest BCUT2D eigenvalue weighted by Gasteiger charge is -2.61. The molecular weight excluding hydrogens is 650 g/mol. The second kappa shape index (κ2) is 11.9. The van der Waals surface area contributed by atoms with Crippen molar-refractivity contribution in [2.24, 2.45) is 23.7 Å². The van der Waals surface area contributed by atoms with Crippen molar-refractivity contribution in [1.82, 2.24) is 0 Å². The highest BCUT2D eigenvalue weighted by molar-refractivity contribution is 6.88. The number of halogens is 1. The fourth-order valence-electron chi connectivity index (χ4n) is 11.3. The van der Waals surface area contributed by atoms with Gasteiger partial charge in [0.1, 0.15) is 5.82 Å². The summed E-state index contributed by atoms with van der Waals surface area (Å²) in [5, 5.41) is 1.45. The molecule has 11 rings (SSSR count). The lowest BCUT2D eigenvalue weighted by Crippen LogP contribution is -2.55. The highest BCUT2D eigenvalue weighted by Gasteiger charge is 2.62. The summed E-state index contributed by atoms with van der Waals surface area (Å²) in [5.41, 5.74) is 12.8. The molecule has 0 saturated heterocycles. The van der Waals surface area contributed by atoms with E-state index < -0.39 is 8.07 Å². The first-order valence-corrected chi connectivity index (χ1v) is 22.9. The van der Waals surface area contributed by atoms with Gasteiger partial charge in [-0.3, -0.25) is 0 Å². The summed E-state index contributed by atoms with van der Waals surface area (Å²) < 4.78 is 16.2. The van der Waals surface area contributed by atoms with Crippen LogP contribution in [0.3, 0.4) is 0 Å². The molecule has 0 aliphatic heterocycles. The van der Waals surface area contributed by atoms with Crippen LogP contribution in [0.25, 0.3) is 33.4 Å². The zero-order chi connectivity index (χ0) is 35.2. The van der Waals surface area contributed by atoms with Gasteiger partial charge in [-0.25, -0.2) is 4.39 Å². The zero-order valence-electron chi connectivity index (χ0n) is 30.4. The third kappa shape index (κ3) is 4.85. The molecule has 5 aliphatic carbocycles. The normalized spacial score (nSPS) is 23.8. The van der Waals surface area contributed by atoms with Crippen LogP contribution in [0.4, 0.5) is 21.5 Å². The molecule has 6 aromatic rings. The molecule has 0 aromatic heterocycles. The van der Waals surface area contributed by atoms with E-state index in [1.807, 2.05) is 0 Å². The Morgan fingerprint density at radius 1 is 0.519 bits per heavy atom. The van der Waals surface area contributed by atoms with Crippen molar-refractivity contribution in [3.8, 4) is 33.4 Å². The van der Waals surface area contributed by atoms with Gasteiger partial charge in [-0.05, 0) is 137 Å². The van der Waals surface area contributed by atoms with Crippen LogP contribution in [0.5, 0.6) is 0 Å². The van der Waals surface area contributed by atoms with Crippen LogP contribution in [0.15, 0.2) is 140 Å². The Morgan fingerprint density at radius 3 is 1.63 bits per heavy atom. The topological polar surface area (TPSA) is 3.24 Å². The quantitative estimate of drug-likeness (QED) is 0.157. The Bertz CT molecular complexity index is 2260. The van der Waals surface area contributed by atoms with E-state index in [1.54, 1.807) is 6.07 Å². The van der Waals surface area contributed by atoms with E-state index in [9.17, 15) is 0 Å². The Morgan fingerprint density at radius 2 is 1.04 bits per heavy atom. The molecule has 0 atom stereocenters. The van der Waals surface area contributed by atoms with Gasteiger partial charge in [0.25, 0.3) is 0 Å². The van der Waals surface area contributed by atoms with Crippen molar-refractivity contribution in [3.05, 3.63) is 156 Å². The molecule has 0 radical (unpaired) electrons. The Balaban J connectivity index is 1.09. The zero-order valence-corrected chi connectivity index (χ0v) is 31.4. The predicted octanol–water partition coefficient (Wildman–Crippen LogP) is 12.9. The summed E-state index contributed by atoms with van der Waals surface area (Å²) in [7, 11) is -1.45. The Labute approximate surface area is 309 Å². The minimum absolute atomic E-state index is 0.0691. The van der Waals surface area contributed by atoms with Gasteiger partial charge in [-0.15, -0.1) is 0 Å². The summed E-state index contributed by atoms with van der Waals surface area (Å²) in [6, 6.07) is 50.5. The lowest BCUT2D eigenvalue weighted by molar-refractivity contribution is -0.0397. The summed E-state index contributed by atoms with van der Waals surface area (Å²) in [5.74, 6) is 2.78. The molecule has 1 spiro atoms. The van der Waals surface area contributed by atoms with Crippen molar-refractivity contribution >= 4 is 30.3 Å². The summed E-state index contributed by atoms with van der Waals surface area (Å²) in [4.78, 5) is 2.37. The maximum absolute atomic E-state index is 16.2. The molecule has 6 aromatic carbocycles. The minimum atomic E-state index is -1.45. The molecule has 0 unspecified atom stereocenters. The predicted molar refractivity (Wildman–Crippen MR) is 218 cm³/mol. The van der Waals surface area contributed by atoms with Crippen LogP contribution in [0.2, 0.25) is 19.6 Å². The van der Waals surface area contributed by atoms with Crippen LogP contribution in [0.1, 0.15) is 43.2 Å². The number of rotatable bonds is 6. The molecule has 0 N–H and O–H groups in total. The number of fused-ring (bicyclic) bond motifs is 3. The van der Waals surface area contributed by atoms with Gasteiger partial charge in [-0.2, -0.15) is 0 Å². The van der Waals surface area contributed by atoms with Gasteiger partial charge in [0.15, 0.2) is 0 Å². The smallest absolute Gasteiger partial charge is 0.131 e. The van der Waals surface area contributed by atoms with Gasteiger partial charge in [0.05, 0.1) is 8.07 Å². The molecule has 258 valence electrons. The van der Waals surface area contributed by atoms with E-state index >= 15 is 4.39 Å². The largest absolute Gasteiger partial charge is 0.311 e. The number of hydrogen-bond acceptors (Lipinski definition) is 1. The second-order valence-electron chi connectivity index (χ2n) is 17.2.